The van der Waals surface area contributed by atoms with Gasteiger partial charge in [0.1, 0.15) is 0 Å². The van der Waals surface area contributed by atoms with Crippen LogP contribution in [0.15, 0.2) is 41.6 Å². The van der Waals surface area contributed by atoms with Crippen molar-refractivity contribution in [3.8, 4) is 0 Å². The van der Waals surface area contributed by atoms with E-state index < -0.39 is 10.0 Å². The van der Waals surface area contributed by atoms with Gasteiger partial charge in [-0.25, -0.2) is 8.42 Å². The Kier molecular flexibility index (Phi) is 4.16. The van der Waals surface area contributed by atoms with Crippen molar-refractivity contribution < 1.29 is 8.42 Å². The van der Waals surface area contributed by atoms with Gasteiger partial charge in [0.05, 0.1) is 4.90 Å². The predicted molar refractivity (Wildman–Crippen MR) is 87.2 cm³/mol. The number of hydrogen-bond acceptors (Lipinski definition) is 4. The Morgan fingerprint density at radius 1 is 1.18 bits per heavy atom. The molecule has 1 aromatic heterocycles. The maximum atomic E-state index is 13.1. The monoisotopic (exact) mass is 319 g/mol. The second-order valence-electron chi connectivity index (χ2n) is 5.91. The van der Waals surface area contributed by atoms with Crippen LogP contribution in [-0.4, -0.2) is 42.9 Å². The second kappa shape index (κ2) is 5.95. The van der Waals surface area contributed by atoms with Gasteiger partial charge in [0.25, 0.3) is 0 Å². The smallest absolute Gasteiger partial charge is 0.243 e. The van der Waals surface area contributed by atoms with E-state index in [-0.39, 0.29) is 12.1 Å². The second-order valence-corrected chi connectivity index (χ2v) is 7.75. The molecule has 2 aromatic rings. The number of nitrogens with one attached hydrogen (secondary N) is 1. The fourth-order valence-electron chi connectivity index (χ4n) is 3.09. The number of nitrogens with zero attached hydrogens (tertiary/aromatic N) is 2. The van der Waals surface area contributed by atoms with Gasteiger partial charge in [-0.05, 0) is 50.4 Å². The predicted octanol–water partition coefficient (Wildman–Crippen LogP) is 2.00. The maximum Gasteiger partial charge on any atom is 0.243 e. The van der Waals surface area contributed by atoms with Gasteiger partial charge < -0.3 is 5.32 Å². The summed E-state index contributed by atoms with van der Waals surface area (Å²) in [5.74, 6) is 0. The molecule has 0 unspecified atom stereocenters. The number of hydrogen-bond donors (Lipinski definition) is 1. The molecule has 22 heavy (non-hydrogen) atoms. The van der Waals surface area contributed by atoms with Gasteiger partial charge in [-0.15, -0.1) is 0 Å². The number of pyridine rings is 1. The third kappa shape index (κ3) is 2.74. The van der Waals surface area contributed by atoms with Crippen molar-refractivity contribution in [1.29, 1.82) is 0 Å². The molecule has 3 rings (SSSR count). The van der Waals surface area contributed by atoms with Crippen LogP contribution in [0, 0.1) is 0 Å². The zero-order valence-electron chi connectivity index (χ0n) is 12.9. The maximum absolute atomic E-state index is 13.1. The molecule has 0 spiro atoms. The molecule has 0 saturated carbocycles. The number of benzene rings is 1. The SMILES string of the molecule is C[C@@H]1CCNC[C@H](C)N1S(=O)(=O)c1ccc2cnccc2c1. The summed E-state index contributed by atoms with van der Waals surface area (Å²) in [7, 11) is -3.50. The molecular weight excluding hydrogens is 298 g/mol. The van der Waals surface area contributed by atoms with Gasteiger partial charge in [-0.3, -0.25) is 4.98 Å². The largest absolute Gasteiger partial charge is 0.315 e. The molecule has 1 aliphatic heterocycles. The summed E-state index contributed by atoms with van der Waals surface area (Å²) >= 11 is 0. The highest BCUT2D eigenvalue weighted by Crippen LogP contribution is 2.26. The molecule has 118 valence electrons. The molecule has 6 heteroatoms. The van der Waals surface area contributed by atoms with E-state index in [9.17, 15) is 8.42 Å². The Labute approximate surface area is 131 Å². The number of fused-ring (bicyclic) bond motifs is 1. The average Bonchev–Trinajstić information content (AvgIpc) is 2.67. The van der Waals surface area contributed by atoms with E-state index in [2.05, 4.69) is 10.3 Å². The summed E-state index contributed by atoms with van der Waals surface area (Å²) in [5.41, 5.74) is 0. The van der Waals surface area contributed by atoms with Crippen LogP contribution >= 0.6 is 0 Å². The molecule has 1 aliphatic rings. The quantitative estimate of drug-likeness (QED) is 0.919. The Morgan fingerprint density at radius 3 is 2.82 bits per heavy atom. The number of sulfonamides is 1. The lowest BCUT2D eigenvalue weighted by Crippen LogP contribution is -2.45. The minimum absolute atomic E-state index is 0.0110. The zero-order valence-corrected chi connectivity index (χ0v) is 13.7. The Balaban J connectivity index is 2.06. The van der Waals surface area contributed by atoms with Crippen LogP contribution in [0.3, 0.4) is 0 Å². The van der Waals surface area contributed by atoms with Crippen molar-refractivity contribution in [3.63, 3.8) is 0 Å². The van der Waals surface area contributed by atoms with Crippen molar-refractivity contribution in [3.05, 3.63) is 36.7 Å². The third-order valence-electron chi connectivity index (χ3n) is 4.23. The van der Waals surface area contributed by atoms with Crippen LogP contribution in [0.2, 0.25) is 0 Å². The van der Waals surface area contributed by atoms with Crippen molar-refractivity contribution >= 4 is 20.8 Å². The molecule has 1 N–H and O–H groups in total. The minimum atomic E-state index is -3.50. The van der Waals surface area contributed by atoms with Crippen LogP contribution in [0.1, 0.15) is 20.3 Å². The van der Waals surface area contributed by atoms with Crippen LogP contribution in [0.5, 0.6) is 0 Å². The molecule has 5 nitrogen and oxygen atoms in total. The fourth-order valence-corrected chi connectivity index (χ4v) is 4.98. The van der Waals surface area contributed by atoms with E-state index >= 15 is 0 Å². The van der Waals surface area contributed by atoms with Crippen LogP contribution in [0.25, 0.3) is 10.8 Å². The van der Waals surface area contributed by atoms with Crippen LogP contribution in [0.4, 0.5) is 0 Å². The molecule has 0 radical (unpaired) electrons. The molecule has 1 aromatic carbocycles. The highest BCUT2D eigenvalue weighted by atomic mass is 32.2. The molecular formula is C16H21N3O2S. The normalized spacial score (nSPS) is 24.3. The summed E-state index contributed by atoms with van der Waals surface area (Å²) in [6.45, 7) is 5.46. The molecule has 0 aliphatic carbocycles. The van der Waals surface area contributed by atoms with Crippen LogP contribution in [-0.2, 0) is 10.0 Å². The van der Waals surface area contributed by atoms with E-state index in [1.165, 1.54) is 0 Å². The highest BCUT2D eigenvalue weighted by molar-refractivity contribution is 7.89. The minimum Gasteiger partial charge on any atom is -0.315 e. The molecule has 2 atom stereocenters. The van der Waals surface area contributed by atoms with Gasteiger partial charge in [-0.1, -0.05) is 6.07 Å². The van der Waals surface area contributed by atoms with E-state index in [0.29, 0.717) is 11.4 Å². The standard InChI is InChI=1S/C16H21N3O2S/c1-12-5-7-17-10-13(2)19(12)22(20,21)16-4-3-15-11-18-8-6-14(15)9-16/h3-4,6,8-9,11-13,17H,5,7,10H2,1-2H3/t12-,13+/m1/s1. The lowest BCUT2D eigenvalue weighted by molar-refractivity contribution is 0.286. The zero-order chi connectivity index (χ0) is 15.7. The van der Waals surface area contributed by atoms with E-state index in [0.717, 1.165) is 23.7 Å². The van der Waals surface area contributed by atoms with Crippen molar-refractivity contribution in [2.24, 2.45) is 0 Å². The molecule has 1 saturated heterocycles. The van der Waals surface area contributed by atoms with Gasteiger partial charge >= 0.3 is 0 Å². The van der Waals surface area contributed by atoms with E-state index in [4.69, 9.17) is 0 Å². The summed E-state index contributed by atoms with van der Waals surface area (Å²) in [6.07, 6.45) is 4.24. The van der Waals surface area contributed by atoms with Gasteiger partial charge in [0.2, 0.25) is 10.0 Å². The summed E-state index contributed by atoms with van der Waals surface area (Å²) in [4.78, 5) is 4.42. The highest BCUT2D eigenvalue weighted by Gasteiger charge is 2.34. The van der Waals surface area contributed by atoms with Crippen molar-refractivity contribution in [2.45, 2.75) is 37.2 Å². The Morgan fingerprint density at radius 2 is 2.00 bits per heavy atom. The van der Waals surface area contributed by atoms with E-state index in [1.807, 2.05) is 26.0 Å². The molecule has 0 bridgehead atoms. The van der Waals surface area contributed by atoms with Crippen LogP contribution < -0.4 is 5.32 Å². The van der Waals surface area contributed by atoms with Crippen molar-refractivity contribution in [1.82, 2.24) is 14.6 Å². The lowest BCUT2D eigenvalue weighted by atomic mass is 10.2. The summed E-state index contributed by atoms with van der Waals surface area (Å²) in [5, 5.41) is 5.13. The number of aromatic nitrogens is 1. The topological polar surface area (TPSA) is 62.3 Å². The first kappa shape index (κ1) is 15.4. The fraction of sp³-hybridized carbons (Fsp3) is 0.438. The first-order chi connectivity index (χ1) is 10.5. The van der Waals surface area contributed by atoms with E-state index in [1.54, 1.807) is 28.8 Å². The molecule has 1 fully saturated rings. The summed E-state index contributed by atoms with van der Waals surface area (Å²) < 4.78 is 27.8. The van der Waals surface area contributed by atoms with Gasteiger partial charge in [0.15, 0.2) is 0 Å². The average molecular weight is 319 g/mol. The van der Waals surface area contributed by atoms with Crippen molar-refractivity contribution in [2.75, 3.05) is 13.1 Å². The Hall–Kier alpha value is -1.50. The first-order valence-electron chi connectivity index (χ1n) is 7.58. The number of rotatable bonds is 2. The molecule has 0 amide bonds. The Bertz CT molecular complexity index is 764. The lowest BCUT2D eigenvalue weighted by Gasteiger charge is -2.31. The first-order valence-corrected chi connectivity index (χ1v) is 9.02. The van der Waals surface area contributed by atoms with Gasteiger partial charge in [0, 0.05) is 36.4 Å². The third-order valence-corrected chi connectivity index (χ3v) is 6.36. The molecule has 2 heterocycles. The summed E-state index contributed by atoms with van der Waals surface area (Å²) in [6, 6.07) is 7.01. The van der Waals surface area contributed by atoms with Gasteiger partial charge in [-0.2, -0.15) is 4.31 Å².